The Morgan fingerprint density at radius 3 is 2.48 bits per heavy atom. The molecule has 180 valence electrons. The Balaban J connectivity index is 1.41. The van der Waals surface area contributed by atoms with E-state index in [1.54, 1.807) is 11.9 Å². The molecule has 0 aromatic heterocycles. The molecule has 0 fully saturated rings. The first-order valence-corrected chi connectivity index (χ1v) is 12.6. The number of hydrogen-bond acceptors (Lipinski definition) is 5. The third-order valence-electron chi connectivity index (χ3n) is 6.34. The molecule has 6 heteroatoms. The summed E-state index contributed by atoms with van der Waals surface area (Å²) in [6, 6.07) is 14.8. The van der Waals surface area contributed by atoms with E-state index in [1.165, 1.54) is 11.1 Å². The van der Waals surface area contributed by atoms with Crippen LogP contribution < -0.4 is 5.32 Å². The molecule has 5 nitrogen and oxygen atoms in total. The maximum absolute atomic E-state index is 10.8. The van der Waals surface area contributed by atoms with Gasteiger partial charge in [-0.3, -0.25) is 4.79 Å². The quantitative estimate of drug-likeness (QED) is 0.397. The summed E-state index contributed by atoms with van der Waals surface area (Å²) in [5.41, 5.74) is 5.12. The van der Waals surface area contributed by atoms with Gasteiger partial charge in [0, 0.05) is 29.9 Å². The second-order valence-corrected chi connectivity index (χ2v) is 11.3. The van der Waals surface area contributed by atoms with Crippen LogP contribution in [0, 0.1) is 12.8 Å². The summed E-state index contributed by atoms with van der Waals surface area (Å²) in [5.74, 6) is -0.119. The smallest absolute Gasteiger partial charge is 0.303 e. The highest BCUT2D eigenvalue weighted by atomic mass is 32.2. The molecular weight excluding hydrogens is 432 g/mol. The summed E-state index contributed by atoms with van der Waals surface area (Å²) in [6.07, 6.45) is 3.62. The first-order chi connectivity index (χ1) is 15.6. The van der Waals surface area contributed by atoms with Gasteiger partial charge in [-0.15, -0.1) is 0 Å². The van der Waals surface area contributed by atoms with E-state index < -0.39 is 12.1 Å². The van der Waals surface area contributed by atoms with Crippen LogP contribution >= 0.6 is 11.9 Å². The SMILES string of the molecule is Cc1cc(CCC(=O)O)ccc1SN(C)C[C@H](O)CNC(C)(C)CC1Cc2ccccc2C1. The maximum Gasteiger partial charge on any atom is 0.303 e. The molecule has 2 aromatic rings. The second-order valence-electron chi connectivity index (χ2n) is 10.1. The zero-order chi connectivity index (χ0) is 24.0. The van der Waals surface area contributed by atoms with Gasteiger partial charge in [0.05, 0.1) is 6.10 Å². The molecule has 0 aliphatic heterocycles. The highest BCUT2D eigenvalue weighted by Crippen LogP contribution is 2.32. The van der Waals surface area contributed by atoms with Crippen LogP contribution in [0.2, 0.25) is 0 Å². The fourth-order valence-corrected chi connectivity index (χ4v) is 5.68. The predicted molar refractivity (Wildman–Crippen MR) is 136 cm³/mol. The second kappa shape index (κ2) is 11.5. The maximum atomic E-state index is 10.8. The number of β-amino-alcohol motifs (C(OH)–C–C–N with tert-alkyl or cyclic N) is 1. The van der Waals surface area contributed by atoms with Gasteiger partial charge in [-0.1, -0.05) is 36.4 Å². The van der Waals surface area contributed by atoms with Crippen molar-refractivity contribution in [3.05, 3.63) is 64.7 Å². The zero-order valence-corrected chi connectivity index (χ0v) is 21.1. The number of rotatable bonds is 12. The standard InChI is InChI=1S/C27H38N2O3S/c1-19-13-20(10-12-26(31)32)9-11-25(19)33-29(4)18-24(30)17-28-27(2,3)16-21-14-22-7-5-6-8-23(22)15-21/h5-9,11,13,21,24,28,30H,10,12,14-18H2,1-4H3,(H,31,32)/t24-/m1/s1. The summed E-state index contributed by atoms with van der Waals surface area (Å²) in [5, 5.41) is 23.1. The molecule has 0 saturated carbocycles. The average molecular weight is 471 g/mol. The van der Waals surface area contributed by atoms with Crippen molar-refractivity contribution < 1.29 is 15.0 Å². The number of carboxylic acids is 1. The molecular formula is C27H38N2O3S. The molecule has 0 amide bonds. The number of carboxylic acid groups (broad SMARTS) is 1. The summed E-state index contributed by atoms with van der Waals surface area (Å²) in [6.45, 7) is 7.63. The van der Waals surface area contributed by atoms with E-state index in [0.717, 1.165) is 35.3 Å². The summed E-state index contributed by atoms with van der Waals surface area (Å²) in [4.78, 5) is 11.9. The number of hydrogen-bond donors (Lipinski definition) is 3. The topological polar surface area (TPSA) is 72.8 Å². The Morgan fingerprint density at radius 1 is 1.21 bits per heavy atom. The van der Waals surface area contributed by atoms with E-state index in [4.69, 9.17) is 5.11 Å². The lowest BCUT2D eigenvalue weighted by molar-refractivity contribution is -0.136. The molecule has 0 unspecified atom stereocenters. The van der Waals surface area contributed by atoms with Crippen molar-refractivity contribution >= 4 is 17.9 Å². The number of aliphatic hydroxyl groups excluding tert-OH is 1. The van der Waals surface area contributed by atoms with Crippen LogP contribution in [0.5, 0.6) is 0 Å². The monoisotopic (exact) mass is 470 g/mol. The lowest BCUT2D eigenvalue weighted by Crippen LogP contribution is -2.46. The Hall–Kier alpha value is -1.86. The van der Waals surface area contributed by atoms with E-state index in [1.807, 2.05) is 26.1 Å². The molecule has 3 N–H and O–H groups in total. The molecule has 0 bridgehead atoms. The molecule has 3 rings (SSSR count). The largest absolute Gasteiger partial charge is 0.481 e. The van der Waals surface area contributed by atoms with E-state index in [9.17, 15) is 9.90 Å². The lowest BCUT2D eigenvalue weighted by Gasteiger charge is -2.31. The van der Waals surface area contributed by atoms with Crippen molar-refractivity contribution in [2.45, 2.75) is 69.4 Å². The number of benzene rings is 2. The molecule has 0 saturated heterocycles. The normalized spacial score (nSPS) is 15.1. The number of aliphatic carboxylic acids is 1. The van der Waals surface area contributed by atoms with Crippen LogP contribution in [0.3, 0.4) is 0 Å². The number of aliphatic hydroxyl groups is 1. The number of fused-ring (bicyclic) bond motifs is 1. The van der Waals surface area contributed by atoms with Gasteiger partial charge in [0.2, 0.25) is 0 Å². The fraction of sp³-hybridized carbons (Fsp3) is 0.519. The zero-order valence-electron chi connectivity index (χ0n) is 20.3. The van der Waals surface area contributed by atoms with Gasteiger partial charge in [-0.05, 0) is 99.7 Å². The Kier molecular flexibility index (Phi) is 8.99. The Morgan fingerprint density at radius 2 is 1.88 bits per heavy atom. The Labute approximate surface area is 202 Å². The molecule has 0 radical (unpaired) electrons. The van der Waals surface area contributed by atoms with E-state index in [0.29, 0.717) is 25.4 Å². The molecule has 0 spiro atoms. The first kappa shape index (κ1) is 25.8. The Bertz CT molecular complexity index is 922. The third-order valence-corrected chi connectivity index (χ3v) is 7.46. The lowest BCUT2D eigenvalue weighted by atomic mass is 9.88. The van der Waals surface area contributed by atoms with Gasteiger partial charge in [0.15, 0.2) is 0 Å². The predicted octanol–water partition coefficient (Wildman–Crippen LogP) is 4.49. The van der Waals surface area contributed by atoms with Crippen LogP contribution in [0.25, 0.3) is 0 Å². The van der Waals surface area contributed by atoms with Crippen LogP contribution in [-0.4, -0.2) is 52.3 Å². The molecule has 33 heavy (non-hydrogen) atoms. The van der Waals surface area contributed by atoms with E-state index in [-0.39, 0.29) is 12.0 Å². The summed E-state index contributed by atoms with van der Waals surface area (Å²) in [7, 11) is 1.99. The van der Waals surface area contributed by atoms with Gasteiger partial charge in [0.1, 0.15) is 0 Å². The number of nitrogens with one attached hydrogen (secondary N) is 1. The number of carbonyl (C=O) groups is 1. The molecule has 2 aromatic carbocycles. The summed E-state index contributed by atoms with van der Waals surface area (Å²) >= 11 is 1.61. The molecule has 1 atom stereocenters. The van der Waals surface area contributed by atoms with Crippen molar-refractivity contribution in [1.29, 1.82) is 0 Å². The van der Waals surface area contributed by atoms with Gasteiger partial charge in [-0.25, -0.2) is 4.31 Å². The summed E-state index contributed by atoms with van der Waals surface area (Å²) < 4.78 is 2.06. The van der Waals surface area contributed by atoms with Crippen molar-refractivity contribution in [3.8, 4) is 0 Å². The minimum atomic E-state index is -0.773. The van der Waals surface area contributed by atoms with Crippen molar-refractivity contribution in [3.63, 3.8) is 0 Å². The minimum Gasteiger partial charge on any atom is -0.481 e. The number of aryl methyl sites for hydroxylation is 2. The average Bonchev–Trinajstić information content (AvgIpc) is 3.14. The molecule has 1 aliphatic rings. The highest BCUT2D eigenvalue weighted by Gasteiger charge is 2.28. The van der Waals surface area contributed by atoms with Crippen LogP contribution in [0.15, 0.2) is 47.4 Å². The van der Waals surface area contributed by atoms with Crippen LogP contribution in [0.4, 0.5) is 0 Å². The van der Waals surface area contributed by atoms with Gasteiger partial charge < -0.3 is 15.5 Å². The molecule has 1 aliphatic carbocycles. The third kappa shape index (κ3) is 8.14. The van der Waals surface area contributed by atoms with Crippen molar-refractivity contribution in [1.82, 2.24) is 9.62 Å². The van der Waals surface area contributed by atoms with Crippen LogP contribution in [-0.2, 0) is 24.1 Å². The van der Waals surface area contributed by atoms with Crippen LogP contribution in [0.1, 0.15) is 48.9 Å². The van der Waals surface area contributed by atoms with E-state index in [2.05, 4.69) is 53.8 Å². The van der Waals surface area contributed by atoms with Crippen molar-refractivity contribution in [2.24, 2.45) is 5.92 Å². The number of likely N-dealkylation sites (N-methyl/N-ethyl adjacent to an activating group) is 1. The highest BCUT2D eigenvalue weighted by molar-refractivity contribution is 7.97. The first-order valence-electron chi connectivity index (χ1n) is 11.8. The van der Waals surface area contributed by atoms with Gasteiger partial charge >= 0.3 is 5.97 Å². The van der Waals surface area contributed by atoms with Gasteiger partial charge in [0.25, 0.3) is 0 Å². The van der Waals surface area contributed by atoms with Gasteiger partial charge in [-0.2, -0.15) is 0 Å². The molecule has 0 heterocycles. The van der Waals surface area contributed by atoms with Crippen molar-refractivity contribution in [2.75, 3.05) is 20.1 Å². The van der Waals surface area contributed by atoms with E-state index >= 15 is 0 Å². The number of nitrogens with zero attached hydrogens (tertiary/aromatic N) is 1. The fourth-order valence-electron chi connectivity index (χ4n) is 4.77. The minimum absolute atomic E-state index is 0.0260.